The zero-order valence-electron chi connectivity index (χ0n) is 8.45. The van der Waals surface area contributed by atoms with E-state index in [1.165, 1.54) is 12.3 Å². The molecule has 0 aromatic heterocycles. The summed E-state index contributed by atoms with van der Waals surface area (Å²) in [6, 6.07) is 5.14. The number of halogens is 3. The minimum absolute atomic E-state index is 0. The molecule has 0 saturated heterocycles. The van der Waals surface area contributed by atoms with E-state index in [9.17, 15) is 13.2 Å². The van der Waals surface area contributed by atoms with Gasteiger partial charge < -0.3 is 17.9 Å². The number of rotatable bonds is 1. The maximum Gasteiger partial charge on any atom is 0.416 e. The fourth-order valence-electron chi connectivity index (χ4n) is 1.04. The topological polar surface area (TPSA) is 14.1 Å². The fraction of sp³-hybridized carbons (Fsp3) is 0.200. The quantitative estimate of drug-likeness (QED) is 0.722. The Hall–Kier alpha value is 0.00390. The number of hydrogen-bond donors (Lipinski definition) is 0. The van der Waals surface area contributed by atoms with E-state index >= 15 is 0 Å². The summed E-state index contributed by atoms with van der Waals surface area (Å²) in [7, 11) is 0. The second-order valence-electron chi connectivity index (χ2n) is 2.72. The molecule has 1 heterocycles. The first-order valence-corrected chi connectivity index (χ1v) is 4.88. The molecule has 2 rings (SSSR count). The summed E-state index contributed by atoms with van der Waals surface area (Å²) in [4.78, 5) is 0. The molecular formula is C10H8F3NSY-2. The van der Waals surface area contributed by atoms with Gasteiger partial charge in [-0.25, -0.2) is 0 Å². The molecule has 0 aliphatic carbocycles. The van der Waals surface area contributed by atoms with Crippen molar-refractivity contribution in [2.24, 2.45) is 0 Å². The fourth-order valence-corrected chi connectivity index (χ4v) is 1.04. The average Bonchev–Trinajstić information content (AvgIpc) is 3.03. The maximum atomic E-state index is 12.2. The van der Waals surface area contributed by atoms with Crippen LogP contribution in [0.1, 0.15) is 11.1 Å². The predicted molar refractivity (Wildman–Crippen MR) is 56.1 cm³/mol. The predicted octanol–water partition coefficient (Wildman–Crippen LogP) is 3.55. The summed E-state index contributed by atoms with van der Waals surface area (Å²) in [6.45, 7) is 0. The number of alkyl halides is 3. The molecule has 6 heteroatoms. The van der Waals surface area contributed by atoms with Crippen molar-refractivity contribution in [2.75, 3.05) is 6.26 Å². The van der Waals surface area contributed by atoms with Crippen LogP contribution in [-0.2, 0) is 51.5 Å². The van der Waals surface area contributed by atoms with E-state index in [0.29, 0.717) is 11.3 Å². The normalized spacial score (nSPS) is 12.4. The Morgan fingerprint density at radius 2 is 1.75 bits per heavy atom. The van der Waals surface area contributed by atoms with Crippen LogP contribution < -0.4 is 0 Å². The molecule has 16 heavy (non-hydrogen) atoms. The number of hydrogen-bond acceptors (Lipinski definition) is 1. The van der Waals surface area contributed by atoms with E-state index in [-0.39, 0.29) is 32.7 Å². The second-order valence-corrected chi connectivity index (χ2v) is 2.72. The van der Waals surface area contributed by atoms with Crippen LogP contribution in [0.2, 0.25) is 0 Å². The molecule has 1 aliphatic heterocycles. The van der Waals surface area contributed by atoms with E-state index in [1.54, 1.807) is 12.3 Å². The molecule has 0 unspecified atom stereocenters. The maximum absolute atomic E-state index is 12.2. The van der Waals surface area contributed by atoms with Crippen molar-refractivity contribution >= 4 is 18.3 Å². The Balaban J connectivity index is 0.000000711. The van der Waals surface area contributed by atoms with Gasteiger partial charge in [-0.3, -0.25) is 0 Å². The third-order valence-electron chi connectivity index (χ3n) is 1.74. The van der Waals surface area contributed by atoms with Crippen molar-refractivity contribution < 1.29 is 45.9 Å². The Labute approximate surface area is 123 Å². The van der Waals surface area contributed by atoms with E-state index in [2.05, 4.69) is 17.9 Å². The third-order valence-corrected chi connectivity index (χ3v) is 1.74. The second kappa shape index (κ2) is 6.67. The molecule has 0 N–H and O–H groups in total. The first-order chi connectivity index (χ1) is 7.07. The third kappa shape index (κ3) is 4.48. The molecule has 0 fully saturated rings. The molecule has 85 valence electrons. The van der Waals surface area contributed by atoms with E-state index in [4.69, 9.17) is 0 Å². The van der Waals surface area contributed by atoms with Gasteiger partial charge in [0.2, 0.25) is 0 Å². The summed E-state index contributed by atoms with van der Waals surface area (Å²) < 4.78 is 36.6. The van der Waals surface area contributed by atoms with Crippen molar-refractivity contribution in [1.29, 1.82) is 0 Å². The molecule has 1 aromatic rings. The standard InChI is InChI=1S/C9H5F3N.CH4S.Y/c10-9(11,12)7-3-1-2-6(4-7)8-5-13-8;1-2;/h1-5H;2H,1H3;/q-1;;/p-1. The minimum Gasteiger partial charge on any atom is -0.796 e. The van der Waals surface area contributed by atoms with Crippen molar-refractivity contribution in [3.63, 3.8) is 0 Å². The summed E-state index contributed by atoms with van der Waals surface area (Å²) >= 11 is 4.08. The Morgan fingerprint density at radius 1 is 1.19 bits per heavy atom. The number of nitrogens with zero attached hydrogens (tertiary/aromatic N) is 1. The molecule has 0 saturated carbocycles. The van der Waals surface area contributed by atoms with Gasteiger partial charge in [0.05, 0.1) is 5.56 Å². The minimum atomic E-state index is -4.27. The van der Waals surface area contributed by atoms with Gasteiger partial charge in [-0.1, -0.05) is 12.1 Å². The van der Waals surface area contributed by atoms with Crippen LogP contribution in [0, 0.1) is 0 Å². The molecule has 1 aliphatic rings. The monoisotopic (exact) mass is 320 g/mol. The van der Waals surface area contributed by atoms with Crippen LogP contribution in [0.4, 0.5) is 13.2 Å². The van der Waals surface area contributed by atoms with Crippen LogP contribution in [0.15, 0.2) is 30.5 Å². The molecule has 0 amide bonds. The van der Waals surface area contributed by atoms with Crippen molar-refractivity contribution in [3.05, 3.63) is 46.9 Å². The van der Waals surface area contributed by atoms with Gasteiger partial charge >= 0.3 is 6.18 Å². The Morgan fingerprint density at radius 3 is 2.19 bits per heavy atom. The van der Waals surface area contributed by atoms with Crippen LogP contribution in [0.5, 0.6) is 0 Å². The molecule has 1 nitrogen and oxygen atoms in total. The van der Waals surface area contributed by atoms with Gasteiger partial charge in [0.25, 0.3) is 0 Å². The number of benzene rings is 1. The zero-order valence-corrected chi connectivity index (χ0v) is 12.1. The Bertz CT molecular complexity index is 377. The van der Waals surface area contributed by atoms with Gasteiger partial charge in [0.15, 0.2) is 0 Å². The molecule has 0 spiro atoms. The van der Waals surface area contributed by atoms with Gasteiger partial charge in [0.1, 0.15) is 0 Å². The summed E-state index contributed by atoms with van der Waals surface area (Å²) in [5.41, 5.74) is 0.522. The van der Waals surface area contributed by atoms with E-state index in [1.807, 2.05) is 0 Å². The molecule has 0 atom stereocenters. The van der Waals surface area contributed by atoms with Crippen LogP contribution >= 0.6 is 0 Å². The first kappa shape index (κ1) is 16.0. The van der Waals surface area contributed by atoms with Gasteiger partial charge in [-0.05, 0) is 17.7 Å². The Kier molecular flexibility index (Phi) is 6.67. The summed E-state index contributed by atoms with van der Waals surface area (Å²) in [5.74, 6) is 0. The largest absolute Gasteiger partial charge is 0.796 e. The molecule has 1 radical (unpaired) electrons. The van der Waals surface area contributed by atoms with Crippen molar-refractivity contribution in [2.45, 2.75) is 6.18 Å². The first-order valence-electron chi connectivity index (χ1n) is 4.07. The van der Waals surface area contributed by atoms with Crippen LogP contribution in [0.25, 0.3) is 11.0 Å². The van der Waals surface area contributed by atoms with Crippen LogP contribution in [-0.4, -0.2) is 6.26 Å². The van der Waals surface area contributed by atoms with Gasteiger partial charge in [0, 0.05) is 32.7 Å². The van der Waals surface area contributed by atoms with Crippen molar-refractivity contribution in [1.82, 2.24) is 0 Å². The average molecular weight is 320 g/mol. The molecular weight excluding hydrogens is 312 g/mol. The zero-order chi connectivity index (χ0) is 11.5. The summed E-state index contributed by atoms with van der Waals surface area (Å²) in [6.07, 6.45) is -1.15. The van der Waals surface area contributed by atoms with Gasteiger partial charge in [-0.15, -0.1) is 0 Å². The van der Waals surface area contributed by atoms with Crippen molar-refractivity contribution in [3.8, 4) is 0 Å². The van der Waals surface area contributed by atoms with Gasteiger partial charge in [-0.2, -0.15) is 31.3 Å². The SMILES string of the molecule is C[S-].FC(F)(F)c1cccc(C2=C[N-]2)c1.[Y]. The summed E-state index contributed by atoms with van der Waals surface area (Å²) in [5, 5.41) is 3.72. The molecule has 1 aromatic carbocycles. The van der Waals surface area contributed by atoms with E-state index < -0.39 is 11.7 Å². The molecule has 0 bridgehead atoms. The van der Waals surface area contributed by atoms with Crippen LogP contribution in [0.3, 0.4) is 0 Å². The van der Waals surface area contributed by atoms with E-state index in [0.717, 1.165) is 12.1 Å². The smallest absolute Gasteiger partial charge is 0.416 e.